The monoisotopic (exact) mass is 258 g/mol. The maximum atomic E-state index is 5.33. The Hall–Kier alpha value is -2.23. The standard InChI is InChI=1S/C15H18N2O2/c1-4-5-7-16-15-12-10-14(19-3)13(18-2)9-11(12)6-8-17-15/h4,6,8-10H,1,5,7H2,2-3H3,(H,16,17). The molecule has 2 rings (SSSR count). The van der Waals surface area contributed by atoms with Crippen molar-refractivity contribution in [1.82, 2.24) is 4.98 Å². The number of rotatable bonds is 6. The van der Waals surface area contributed by atoms with Crippen molar-refractivity contribution in [3.63, 3.8) is 0 Å². The lowest BCUT2D eigenvalue weighted by atomic mass is 10.1. The summed E-state index contributed by atoms with van der Waals surface area (Å²) < 4.78 is 10.6. The normalized spacial score (nSPS) is 10.2. The van der Waals surface area contributed by atoms with Crippen molar-refractivity contribution in [3.05, 3.63) is 37.1 Å². The highest BCUT2D eigenvalue weighted by molar-refractivity contribution is 5.94. The topological polar surface area (TPSA) is 43.4 Å². The largest absolute Gasteiger partial charge is 0.493 e. The molecule has 0 amide bonds. The highest BCUT2D eigenvalue weighted by Crippen LogP contribution is 2.34. The van der Waals surface area contributed by atoms with Crippen LogP contribution >= 0.6 is 0 Å². The van der Waals surface area contributed by atoms with Crippen molar-refractivity contribution >= 4 is 16.6 Å². The molecule has 1 aromatic heterocycles. The first-order valence-corrected chi connectivity index (χ1v) is 6.15. The van der Waals surface area contributed by atoms with Crippen LogP contribution in [0.1, 0.15) is 6.42 Å². The van der Waals surface area contributed by atoms with Gasteiger partial charge in [0.05, 0.1) is 14.2 Å². The van der Waals surface area contributed by atoms with Gasteiger partial charge in [0.1, 0.15) is 5.82 Å². The average molecular weight is 258 g/mol. The van der Waals surface area contributed by atoms with Crippen molar-refractivity contribution in [2.24, 2.45) is 0 Å². The van der Waals surface area contributed by atoms with Crippen molar-refractivity contribution < 1.29 is 9.47 Å². The first-order valence-electron chi connectivity index (χ1n) is 6.15. The molecule has 0 saturated heterocycles. The van der Waals surface area contributed by atoms with Gasteiger partial charge in [-0.25, -0.2) is 4.98 Å². The summed E-state index contributed by atoms with van der Waals surface area (Å²) in [7, 11) is 3.26. The molecule has 0 aliphatic heterocycles. The van der Waals surface area contributed by atoms with Gasteiger partial charge in [-0.15, -0.1) is 6.58 Å². The van der Waals surface area contributed by atoms with Crippen LogP contribution < -0.4 is 14.8 Å². The summed E-state index contributed by atoms with van der Waals surface area (Å²) in [6.07, 6.45) is 4.55. The molecule has 0 saturated carbocycles. The van der Waals surface area contributed by atoms with Gasteiger partial charge in [-0.3, -0.25) is 0 Å². The molecular weight excluding hydrogens is 240 g/mol. The number of hydrogen-bond acceptors (Lipinski definition) is 4. The number of anilines is 1. The zero-order chi connectivity index (χ0) is 13.7. The zero-order valence-electron chi connectivity index (χ0n) is 11.3. The third kappa shape index (κ3) is 2.78. The minimum atomic E-state index is 0.703. The predicted octanol–water partition coefficient (Wildman–Crippen LogP) is 3.24. The molecule has 1 N–H and O–H groups in total. The molecule has 0 fully saturated rings. The average Bonchev–Trinajstić information content (AvgIpc) is 2.46. The highest BCUT2D eigenvalue weighted by Gasteiger charge is 2.09. The van der Waals surface area contributed by atoms with Gasteiger partial charge in [0.2, 0.25) is 0 Å². The maximum absolute atomic E-state index is 5.33. The molecule has 1 aromatic carbocycles. The van der Waals surface area contributed by atoms with Gasteiger partial charge in [0.15, 0.2) is 11.5 Å². The number of benzene rings is 1. The number of hydrogen-bond donors (Lipinski definition) is 1. The molecule has 19 heavy (non-hydrogen) atoms. The van der Waals surface area contributed by atoms with E-state index in [4.69, 9.17) is 9.47 Å². The third-order valence-corrected chi connectivity index (χ3v) is 2.91. The van der Waals surface area contributed by atoms with Crippen molar-refractivity contribution in [1.29, 1.82) is 0 Å². The maximum Gasteiger partial charge on any atom is 0.161 e. The summed E-state index contributed by atoms with van der Waals surface area (Å²) in [6, 6.07) is 5.85. The van der Waals surface area contributed by atoms with Crippen molar-refractivity contribution in [3.8, 4) is 11.5 Å². The Kier molecular flexibility index (Phi) is 4.23. The molecule has 4 nitrogen and oxygen atoms in total. The van der Waals surface area contributed by atoms with Crippen LogP contribution in [0.2, 0.25) is 0 Å². The quantitative estimate of drug-likeness (QED) is 0.638. The molecule has 0 spiro atoms. The lowest BCUT2D eigenvalue weighted by Gasteiger charge is -2.12. The molecule has 1 heterocycles. The van der Waals surface area contributed by atoms with E-state index in [0.29, 0.717) is 5.75 Å². The Bertz CT molecular complexity index is 582. The van der Waals surface area contributed by atoms with E-state index in [9.17, 15) is 0 Å². The SMILES string of the molecule is C=CCCNc1nccc2cc(OC)c(OC)cc12. The summed E-state index contributed by atoms with van der Waals surface area (Å²) >= 11 is 0. The molecule has 0 unspecified atom stereocenters. The summed E-state index contributed by atoms with van der Waals surface area (Å²) in [4.78, 5) is 4.37. The van der Waals surface area contributed by atoms with Crippen LogP contribution in [0.5, 0.6) is 11.5 Å². The van der Waals surface area contributed by atoms with Crippen LogP contribution in [0, 0.1) is 0 Å². The van der Waals surface area contributed by atoms with E-state index in [1.54, 1.807) is 20.4 Å². The van der Waals surface area contributed by atoms with Gasteiger partial charge in [-0.1, -0.05) is 6.08 Å². The van der Waals surface area contributed by atoms with E-state index in [-0.39, 0.29) is 0 Å². The van der Waals surface area contributed by atoms with E-state index in [1.807, 2.05) is 24.3 Å². The molecule has 0 bridgehead atoms. The number of aromatic nitrogens is 1. The van der Waals surface area contributed by atoms with Crippen LogP contribution in [0.4, 0.5) is 5.82 Å². The molecule has 0 aliphatic rings. The smallest absolute Gasteiger partial charge is 0.161 e. The van der Waals surface area contributed by atoms with Crippen molar-refractivity contribution in [2.75, 3.05) is 26.1 Å². The highest BCUT2D eigenvalue weighted by atomic mass is 16.5. The number of nitrogens with one attached hydrogen (secondary N) is 1. The van der Waals surface area contributed by atoms with E-state index in [2.05, 4.69) is 16.9 Å². The summed E-state index contributed by atoms with van der Waals surface area (Å²) in [5.41, 5.74) is 0. The van der Waals surface area contributed by atoms with Gasteiger partial charge >= 0.3 is 0 Å². The van der Waals surface area contributed by atoms with Gasteiger partial charge < -0.3 is 14.8 Å². The summed E-state index contributed by atoms with van der Waals surface area (Å²) in [6.45, 7) is 4.52. The minimum absolute atomic E-state index is 0.703. The van der Waals surface area contributed by atoms with Gasteiger partial charge in [-0.2, -0.15) is 0 Å². The van der Waals surface area contributed by atoms with E-state index >= 15 is 0 Å². The Morgan fingerprint density at radius 2 is 2.00 bits per heavy atom. The van der Waals surface area contributed by atoms with Crippen LogP contribution in [0.15, 0.2) is 37.1 Å². The predicted molar refractivity (Wildman–Crippen MR) is 78.2 cm³/mol. The molecule has 0 radical (unpaired) electrons. The first kappa shape index (κ1) is 13.2. The second-order valence-corrected chi connectivity index (χ2v) is 4.09. The Morgan fingerprint density at radius 3 is 2.68 bits per heavy atom. The zero-order valence-corrected chi connectivity index (χ0v) is 11.3. The van der Waals surface area contributed by atoms with Crippen LogP contribution in [-0.4, -0.2) is 25.7 Å². The minimum Gasteiger partial charge on any atom is -0.493 e. The van der Waals surface area contributed by atoms with Crippen molar-refractivity contribution in [2.45, 2.75) is 6.42 Å². The van der Waals surface area contributed by atoms with Gasteiger partial charge in [0, 0.05) is 18.1 Å². The molecule has 0 aliphatic carbocycles. The Balaban J connectivity index is 2.45. The lowest BCUT2D eigenvalue weighted by Crippen LogP contribution is -2.03. The second kappa shape index (κ2) is 6.09. The number of nitrogens with zero attached hydrogens (tertiary/aromatic N) is 1. The third-order valence-electron chi connectivity index (χ3n) is 2.91. The number of methoxy groups -OCH3 is 2. The van der Waals surface area contributed by atoms with Crippen LogP contribution in [-0.2, 0) is 0 Å². The van der Waals surface area contributed by atoms with E-state index in [0.717, 1.165) is 35.3 Å². The number of fused-ring (bicyclic) bond motifs is 1. The molecule has 2 aromatic rings. The van der Waals surface area contributed by atoms with Gasteiger partial charge in [0.25, 0.3) is 0 Å². The first-order chi connectivity index (χ1) is 9.30. The lowest BCUT2D eigenvalue weighted by molar-refractivity contribution is 0.356. The molecule has 4 heteroatoms. The number of pyridine rings is 1. The summed E-state index contributed by atoms with van der Waals surface area (Å²) in [5.74, 6) is 2.27. The summed E-state index contributed by atoms with van der Waals surface area (Å²) in [5, 5.41) is 5.38. The molecule has 0 atom stereocenters. The van der Waals surface area contributed by atoms with Gasteiger partial charge in [-0.05, 0) is 30.0 Å². The Labute approximate surface area is 113 Å². The van der Waals surface area contributed by atoms with Crippen LogP contribution in [0.25, 0.3) is 10.8 Å². The fourth-order valence-electron chi connectivity index (χ4n) is 1.93. The number of ether oxygens (including phenoxy) is 2. The Morgan fingerprint density at radius 1 is 1.26 bits per heavy atom. The molecular formula is C15H18N2O2. The van der Waals surface area contributed by atoms with E-state index < -0.39 is 0 Å². The fourth-order valence-corrected chi connectivity index (χ4v) is 1.93. The fraction of sp³-hybridized carbons (Fsp3) is 0.267. The molecule has 100 valence electrons. The van der Waals surface area contributed by atoms with E-state index in [1.165, 1.54) is 0 Å². The second-order valence-electron chi connectivity index (χ2n) is 4.09. The van der Waals surface area contributed by atoms with Crippen LogP contribution in [0.3, 0.4) is 0 Å².